The van der Waals surface area contributed by atoms with Crippen molar-refractivity contribution in [2.24, 2.45) is 0 Å². The molecule has 6 nitrogen and oxygen atoms in total. The molecule has 2 fully saturated rings. The molecular formula is C14H20N4O2. The van der Waals surface area contributed by atoms with E-state index in [0.29, 0.717) is 12.3 Å². The van der Waals surface area contributed by atoms with Crippen molar-refractivity contribution < 1.29 is 9.53 Å². The third-order valence-corrected chi connectivity index (χ3v) is 3.89. The standard InChI is InChI=1S/C14H20N4O2/c1-2-20-13-7-10(3-4-12(13)15)17-5-6-18-11(9-17)8-16-14(18)19/h3-4,7,11H,2,5-6,8-9,15H2,1H3,(H,16,19). The summed E-state index contributed by atoms with van der Waals surface area (Å²) in [5, 5.41) is 2.89. The van der Waals surface area contributed by atoms with Gasteiger partial charge in [-0.25, -0.2) is 4.79 Å². The molecule has 0 aliphatic carbocycles. The van der Waals surface area contributed by atoms with E-state index in [0.717, 1.165) is 37.6 Å². The van der Waals surface area contributed by atoms with Crippen LogP contribution in [0.4, 0.5) is 16.2 Å². The number of nitrogens with one attached hydrogen (secondary N) is 1. The molecule has 0 aromatic heterocycles. The van der Waals surface area contributed by atoms with Gasteiger partial charge < -0.3 is 25.6 Å². The molecule has 108 valence electrons. The lowest BCUT2D eigenvalue weighted by molar-refractivity contribution is 0.197. The highest BCUT2D eigenvalue weighted by Crippen LogP contribution is 2.29. The van der Waals surface area contributed by atoms with E-state index in [1.54, 1.807) is 0 Å². The van der Waals surface area contributed by atoms with Crippen molar-refractivity contribution in [3.05, 3.63) is 18.2 Å². The van der Waals surface area contributed by atoms with Crippen LogP contribution >= 0.6 is 0 Å². The number of fused-ring (bicyclic) bond motifs is 1. The first-order valence-electron chi connectivity index (χ1n) is 7.00. The maximum Gasteiger partial charge on any atom is 0.317 e. The van der Waals surface area contributed by atoms with Gasteiger partial charge >= 0.3 is 6.03 Å². The minimum atomic E-state index is 0.0574. The van der Waals surface area contributed by atoms with E-state index in [1.165, 1.54) is 0 Å². The number of nitrogen functional groups attached to an aromatic ring is 1. The Balaban J connectivity index is 1.77. The topological polar surface area (TPSA) is 70.8 Å². The molecule has 3 rings (SSSR count). The van der Waals surface area contributed by atoms with Gasteiger partial charge in [0.15, 0.2) is 0 Å². The summed E-state index contributed by atoms with van der Waals surface area (Å²) in [5.41, 5.74) is 7.66. The lowest BCUT2D eigenvalue weighted by atomic mass is 10.1. The Kier molecular flexibility index (Phi) is 3.30. The molecule has 20 heavy (non-hydrogen) atoms. The molecular weight excluding hydrogens is 256 g/mol. The summed E-state index contributed by atoms with van der Waals surface area (Å²) < 4.78 is 5.54. The Morgan fingerprint density at radius 3 is 3.10 bits per heavy atom. The lowest BCUT2D eigenvalue weighted by Crippen LogP contribution is -2.52. The Labute approximate surface area is 118 Å². The number of anilines is 2. The maximum absolute atomic E-state index is 11.6. The van der Waals surface area contributed by atoms with Crippen LogP contribution in [0.5, 0.6) is 5.75 Å². The Hall–Kier alpha value is -2.11. The van der Waals surface area contributed by atoms with E-state index in [2.05, 4.69) is 10.2 Å². The number of rotatable bonds is 3. The second-order valence-electron chi connectivity index (χ2n) is 5.13. The molecule has 0 bridgehead atoms. The van der Waals surface area contributed by atoms with Crippen LogP contribution in [-0.4, -0.2) is 49.8 Å². The van der Waals surface area contributed by atoms with E-state index in [4.69, 9.17) is 10.5 Å². The molecule has 2 aliphatic heterocycles. The highest BCUT2D eigenvalue weighted by atomic mass is 16.5. The highest BCUT2D eigenvalue weighted by Gasteiger charge is 2.35. The van der Waals surface area contributed by atoms with Crippen LogP contribution in [0, 0.1) is 0 Å². The summed E-state index contributed by atoms with van der Waals surface area (Å²) in [4.78, 5) is 15.8. The van der Waals surface area contributed by atoms with Crippen molar-refractivity contribution in [1.29, 1.82) is 0 Å². The van der Waals surface area contributed by atoms with E-state index in [9.17, 15) is 4.79 Å². The van der Waals surface area contributed by atoms with Crippen LogP contribution in [0.3, 0.4) is 0 Å². The van der Waals surface area contributed by atoms with Crippen LogP contribution in [0.25, 0.3) is 0 Å². The summed E-state index contributed by atoms with van der Waals surface area (Å²) in [6.45, 7) is 5.70. The number of nitrogens with two attached hydrogens (primary N) is 1. The first-order valence-corrected chi connectivity index (χ1v) is 7.00. The fourth-order valence-electron chi connectivity index (χ4n) is 2.84. The summed E-state index contributed by atoms with van der Waals surface area (Å²) in [6, 6.07) is 6.19. The normalized spacial score (nSPS) is 21.6. The number of carbonyl (C=O) groups is 1. The van der Waals surface area contributed by atoms with E-state index >= 15 is 0 Å². The summed E-state index contributed by atoms with van der Waals surface area (Å²) in [6.07, 6.45) is 0. The molecule has 1 atom stereocenters. The van der Waals surface area contributed by atoms with Crippen molar-refractivity contribution in [3.63, 3.8) is 0 Å². The average Bonchev–Trinajstić information content (AvgIpc) is 2.83. The molecule has 1 aromatic carbocycles. The number of hydrogen-bond donors (Lipinski definition) is 2. The largest absolute Gasteiger partial charge is 0.492 e. The van der Waals surface area contributed by atoms with Gasteiger partial charge in [0.25, 0.3) is 0 Å². The number of benzene rings is 1. The quantitative estimate of drug-likeness (QED) is 0.804. The Bertz CT molecular complexity index is 520. The van der Waals surface area contributed by atoms with Crippen LogP contribution in [0.2, 0.25) is 0 Å². The number of nitrogens with zero attached hydrogens (tertiary/aromatic N) is 2. The second kappa shape index (κ2) is 5.11. The third-order valence-electron chi connectivity index (χ3n) is 3.89. The third kappa shape index (κ3) is 2.21. The van der Waals surface area contributed by atoms with Crippen molar-refractivity contribution in [2.75, 3.05) is 43.4 Å². The smallest absolute Gasteiger partial charge is 0.317 e. The highest BCUT2D eigenvalue weighted by molar-refractivity contribution is 5.77. The molecule has 3 N–H and O–H groups in total. The number of urea groups is 1. The van der Waals surface area contributed by atoms with Crippen molar-refractivity contribution >= 4 is 17.4 Å². The molecule has 2 heterocycles. The molecule has 1 unspecified atom stereocenters. The number of carbonyl (C=O) groups excluding carboxylic acids is 1. The summed E-state index contributed by atoms with van der Waals surface area (Å²) in [7, 11) is 0. The van der Waals surface area contributed by atoms with Crippen LogP contribution in [0.1, 0.15) is 6.92 Å². The van der Waals surface area contributed by atoms with E-state index in [-0.39, 0.29) is 12.1 Å². The molecule has 2 saturated heterocycles. The minimum absolute atomic E-state index is 0.0574. The van der Waals surface area contributed by atoms with Gasteiger partial charge in [-0.3, -0.25) is 0 Å². The summed E-state index contributed by atoms with van der Waals surface area (Å²) >= 11 is 0. The molecule has 0 spiro atoms. The molecule has 1 aromatic rings. The van der Waals surface area contributed by atoms with Crippen LogP contribution in [-0.2, 0) is 0 Å². The number of hydrogen-bond acceptors (Lipinski definition) is 4. The maximum atomic E-state index is 11.6. The van der Waals surface area contributed by atoms with Gasteiger partial charge in [-0.05, 0) is 19.1 Å². The first kappa shape index (κ1) is 12.9. The lowest BCUT2D eigenvalue weighted by Gasteiger charge is -2.37. The fraction of sp³-hybridized carbons (Fsp3) is 0.500. The van der Waals surface area contributed by atoms with Crippen molar-refractivity contribution in [1.82, 2.24) is 10.2 Å². The molecule has 2 amide bonds. The Morgan fingerprint density at radius 2 is 2.30 bits per heavy atom. The molecule has 6 heteroatoms. The van der Waals surface area contributed by atoms with Crippen molar-refractivity contribution in [2.45, 2.75) is 13.0 Å². The number of amides is 2. The SMILES string of the molecule is CCOc1cc(N2CCN3C(=O)NCC3C2)ccc1N. The van der Waals surface area contributed by atoms with Gasteiger partial charge in [-0.15, -0.1) is 0 Å². The molecule has 2 aliphatic rings. The van der Waals surface area contributed by atoms with Gasteiger partial charge in [-0.1, -0.05) is 0 Å². The fourth-order valence-corrected chi connectivity index (χ4v) is 2.84. The van der Waals surface area contributed by atoms with E-state index in [1.807, 2.05) is 30.0 Å². The van der Waals surface area contributed by atoms with Gasteiger partial charge in [0, 0.05) is 37.9 Å². The predicted octanol–water partition coefficient (Wildman–Crippen LogP) is 0.881. The Morgan fingerprint density at radius 1 is 1.45 bits per heavy atom. The molecule has 0 saturated carbocycles. The van der Waals surface area contributed by atoms with Crippen LogP contribution < -0.4 is 20.7 Å². The van der Waals surface area contributed by atoms with Crippen molar-refractivity contribution in [3.8, 4) is 5.75 Å². The minimum Gasteiger partial charge on any atom is -0.492 e. The van der Waals surface area contributed by atoms with Gasteiger partial charge in [0.1, 0.15) is 5.75 Å². The van der Waals surface area contributed by atoms with Gasteiger partial charge in [-0.2, -0.15) is 0 Å². The monoisotopic (exact) mass is 276 g/mol. The van der Waals surface area contributed by atoms with E-state index < -0.39 is 0 Å². The molecule has 0 radical (unpaired) electrons. The van der Waals surface area contributed by atoms with Gasteiger partial charge in [0.05, 0.1) is 18.3 Å². The number of ether oxygens (including phenoxy) is 1. The first-order chi connectivity index (χ1) is 9.69. The summed E-state index contributed by atoms with van der Waals surface area (Å²) in [5.74, 6) is 0.730. The number of piperazine rings is 1. The second-order valence-corrected chi connectivity index (χ2v) is 5.13. The zero-order valence-electron chi connectivity index (χ0n) is 11.6. The average molecular weight is 276 g/mol. The van der Waals surface area contributed by atoms with Crippen LogP contribution in [0.15, 0.2) is 18.2 Å². The zero-order valence-corrected chi connectivity index (χ0v) is 11.6. The zero-order chi connectivity index (χ0) is 14.1. The van der Waals surface area contributed by atoms with Gasteiger partial charge in [0.2, 0.25) is 0 Å². The predicted molar refractivity (Wildman–Crippen MR) is 78.1 cm³/mol.